The monoisotopic (exact) mass is 162 g/mol. The first-order valence-corrected chi connectivity index (χ1v) is 3.82. The third-order valence-corrected chi connectivity index (χ3v) is 2.27. The maximum Gasteiger partial charge on any atom is 0.106 e. The number of hydrogen-bond acceptors (Lipinski definition) is 4. The Kier molecular flexibility index (Phi) is 2.84. The van der Waals surface area contributed by atoms with Crippen LogP contribution in [0.25, 0.3) is 0 Å². The van der Waals surface area contributed by atoms with Crippen LogP contribution in [-0.4, -0.2) is 45.3 Å². The topological polar surface area (TPSA) is 80.9 Å². The molecule has 0 unspecified atom stereocenters. The van der Waals surface area contributed by atoms with Gasteiger partial charge in [-0.3, -0.25) is 0 Å². The Morgan fingerprint density at radius 2 is 1.73 bits per heavy atom. The normalized spacial score (nSPS) is 44.7. The summed E-state index contributed by atoms with van der Waals surface area (Å²) in [5.74, 6) is -0.162. The molecule has 4 heteroatoms. The predicted octanol–water partition coefficient (Wildman–Crippen LogP) is -1.53. The van der Waals surface area contributed by atoms with Gasteiger partial charge in [0.25, 0.3) is 0 Å². The molecule has 1 saturated carbocycles. The van der Waals surface area contributed by atoms with E-state index in [9.17, 15) is 5.11 Å². The van der Waals surface area contributed by atoms with Crippen LogP contribution in [-0.2, 0) is 0 Å². The maximum absolute atomic E-state index is 9.24. The van der Waals surface area contributed by atoms with Crippen LogP contribution in [0.4, 0.5) is 0 Å². The highest BCUT2D eigenvalue weighted by atomic mass is 16.4. The molecule has 4 nitrogen and oxygen atoms in total. The predicted molar refractivity (Wildman–Crippen MR) is 37.8 cm³/mol. The molecule has 1 aliphatic rings. The molecule has 1 rings (SSSR count). The third kappa shape index (κ3) is 1.70. The van der Waals surface area contributed by atoms with Crippen LogP contribution in [0.2, 0.25) is 0 Å². The molecular weight excluding hydrogens is 148 g/mol. The van der Waals surface area contributed by atoms with Crippen molar-refractivity contribution in [2.45, 2.75) is 31.2 Å². The second-order valence-electron chi connectivity index (χ2n) is 3.06. The summed E-state index contributed by atoms with van der Waals surface area (Å²) < 4.78 is 0. The molecule has 1 aliphatic carbocycles. The highest BCUT2D eigenvalue weighted by molar-refractivity contribution is 4.90. The van der Waals surface area contributed by atoms with Crippen molar-refractivity contribution in [3.63, 3.8) is 0 Å². The maximum atomic E-state index is 9.24. The lowest BCUT2D eigenvalue weighted by molar-refractivity contribution is -0.0274. The van der Waals surface area contributed by atoms with E-state index in [0.717, 1.165) is 0 Å². The van der Waals surface area contributed by atoms with Gasteiger partial charge >= 0.3 is 0 Å². The Bertz CT molecular complexity index is 128. The Labute approximate surface area is 65.1 Å². The fourth-order valence-corrected chi connectivity index (χ4v) is 1.55. The van der Waals surface area contributed by atoms with Gasteiger partial charge in [0, 0.05) is 6.61 Å². The summed E-state index contributed by atoms with van der Waals surface area (Å²) in [4.78, 5) is 0. The van der Waals surface area contributed by atoms with E-state index in [1.165, 1.54) is 0 Å². The summed E-state index contributed by atoms with van der Waals surface area (Å²) in [6, 6.07) is 0. The van der Waals surface area contributed by atoms with Gasteiger partial charge in [0.2, 0.25) is 0 Å². The zero-order valence-electron chi connectivity index (χ0n) is 6.22. The highest BCUT2D eigenvalue weighted by Crippen LogP contribution is 2.28. The van der Waals surface area contributed by atoms with Gasteiger partial charge in [-0.2, -0.15) is 0 Å². The third-order valence-electron chi connectivity index (χ3n) is 2.27. The first-order valence-electron chi connectivity index (χ1n) is 3.82. The van der Waals surface area contributed by atoms with Crippen molar-refractivity contribution in [2.24, 2.45) is 5.92 Å². The average molecular weight is 162 g/mol. The molecule has 0 bridgehead atoms. The van der Waals surface area contributed by atoms with Crippen molar-refractivity contribution in [1.82, 2.24) is 0 Å². The summed E-state index contributed by atoms with van der Waals surface area (Å²) in [6.07, 6.45) is -1.93. The average Bonchev–Trinajstić information content (AvgIpc) is 2.19. The van der Waals surface area contributed by atoms with E-state index >= 15 is 0 Å². The first-order chi connectivity index (χ1) is 5.16. The lowest BCUT2D eigenvalue weighted by Gasteiger charge is -2.14. The lowest BCUT2D eigenvalue weighted by atomic mass is 10.0. The van der Waals surface area contributed by atoms with E-state index in [0.29, 0.717) is 12.8 Å². The van der Waals surface area contributed by atoms with Crippen molar-refractivity contribution in [2.75, 3.05) is 6.61 Å². The van der Waals surface area contributed by atoms with Gasteiger partial charge in [-0.25, -0.2) is 0 Å². The van der Waals surface area contributed by atoms with Gasteiger partial charge in [-0.1, -0.05) is 0 Å². The smallest absolute Gasteiger partial charge is 0.106 e. The van der Waals surface area contributed by atoms with Crippen molar-refractivity contribution in [3.05, 3.63) is 0 Å². The van der Waals surface area contributed by atoms with E-state index < -0.39 is 18.3 Å². The number of aliphatic hydroxyl groups is 4. The molecule has 4 N–H and O–H groups in total. The van der Waals surface area contributed by atoms with E-state index in [-0.39, 0.29) is 12.5 Å². The molecule has 0 saturated heterocycles. The second kappa shape index (κ2) is 3.49. The summed E-state index contributed by atoms with van der Waals surface area (Å²) in [5, 5.41) is 35.9. The van der Waals surface area contributed by atoms with E-state index in [2.05, 4.69) is 0 Å². The van der Waals surface area contributed by atoms with E-state index in [1.807, 2.05) is 0 Å². The van der Waals surface area contributed by atoms with Crippen LogP contribution in [0.15, 0.2) is 0 Å². The molecule has 0 aromatic rings. The molecule has 0 aromatic carbocycles. The Balaban J connectivity index is 2.45. The lowest BCUT2D eigenvalue weighted by Crippen LogP contribution is -2.30. The molecule has 0 spiro atoms. The molecule has 0 aromatic heterocycles. The highest BCUT2D eigenvalue weighted by Gasteiger charge is 2.39. The van der Waals surface area contributed by atoms with Gasteiger partial charge in [-0.05, 0) is 18.8 Å². The molecule has 0 radical (unpaired) electrons. The minimum atomic E-state index is -1.04. The number of rotatable bonds is 2. The minimum absolute atomic E-state index is 0.0127. The fraction of sp³-hybridized carbons (Fsp3) is 1.00. The quantitative estimate of drug-likeness (QED) is 0.397. The van der Waals surface area contributed by atoms with Crippen LogP contribution in [0.5, 0.6) is 0 Å². The molecular formula is C7H14O4. The van der Waals surface area contributed by atoms with Crippen molar-refractivity contribution in [3.8, 4) is 0 Å². The Hall–Kier alpha value is -0.160. The summed E-state index contributed by atoms with van der Waals surface area (Å²) >= 11 is 0. The van der Waals surface area contributed by atoms with Gasteiger partial charge in [0.1, 0.15) is 6.10 Å². The number of hydrogen-bond donors (Lipinski definition) is 4. The summed E-state index contributed by atoms with van der Waals surface area (Å²) in [7, 11) is 0. The van der Waals surface area contributed by atoms with Crippen molar-refractivity contribution < 1.29 is 20.4 Å². The van der Waals surface area contributed by atoms with Gasteiger partial charge in [0.05, 0.1) is 12.2 Å². The zero-order chi connectivity index (χ0) is 8.43. The van der Waals surface area contributed by atoms with E-state index in [1.54, 1.807) is 0 Å². The molecule has 0 heterocycles. The van der Waals surface area contributed by atoms with Crippen molar-refractivity contribution in [1.29, 1.82) is 0 Å². The Morgan fingerprint density at radius 1 is 1.09 bits per heavy atom. The fourth-order valence-electron chi connectivity index (χ4n) is 1.55. The van der Waals surface area contributed by atoms with Gasteiger partial charge < -0.3 is 20.4 Å². The van der Waals surface area contributed by atoms with Gasteiger partial charge in [-0.15, -0.1) is 0 Å². The molecule has 1 fully saturated rings. The first kappa shape index (κ1) is 8.93. The molecule has 0 amide bonds. The zero-order valence-corrected chi connectivity index (χ0v) is 6.22. The van der Waals surface area contributed by atoms with E-state index in [4.69, 9.17) is 15.3 Å². The largest absolute Gasteiger partial charge is 0.396 e. The van der Waals surface area contributed by atoms with Crippen LogP contribution in [0.1, 0.15) is 12.8 Å². The summed E-state index contributed by atoms with van der Waals surface area (Å²) in [6.45, 7) is -0.0127. The molecule has 0 aliphatic heterocycles. The Morgan fingerprint density at radius 3 is 2.09 bits per heavy atom. The molecule has 4 atom stereocenters. The van der Waals surface area contributed by atoms with Crippen molar-refractivity contribution >= 4 is 0 Å². The molecule has 11 heavy (non-hydrogen) atoms. The van der Waals surface area contributed by atoms with Crippen LogP contribution < -0.4 is 0 Å². The number of aliphatic hydroxyl groups excluding tert-OH is 4. The molecule has 66 valence electrons. The summed E-state index contributed by atoms with van der Waals surface area (Å²) in [5.41, 5.74) is 0. The second-order valence-corrected chi connectivity index (χ2v) is 3.06. The SMILES string of the molecule is OCC[C@H]1C[C@@H](O)[C@H](O)[C@@H]1O. The van der Waals surface area contributed by atoms with Gasteiger partial charge in [0.15, 0.2) is 0 Å². The van der Waals surface area contributed by atoms with Crippen LogP contribution >= 0.6 is 0 Å². The minimum Gasteiger partial charge on any atom is -0.396 e. The standard InChI is InChI=1S/C7H14O4/c8-2-1-4-3-5(9)7(11)6(4)10/h4-11H,1-3H2/t4-,5+,6+,7-/m0/s1. The van der Waals surface area contributed by atoms with Crippen LogP contribution in [0.3, 0.4) is 0 Å². The van der Waals surface area contributed by atoms with Crippen LogP contribution in [0, 0.1) is 5.92 Å².